The topological polar surface area (TPSA) is 24.4 Å². The maximum Gasteiger partial charge on any atom is 0.157 e. The molecule has 0 bridgehead atoms. The van der Waals surface area contributed by atoms with E-state index in [1.54, 1.807) is 0 Å². The molecule has 0 aliphatic carbocycles. The second-order valence-corrected chi connectivity index (χ2v) is 6.23. The lowest BCUT2D eigenvalue weighted by Gasteiger charge is -2.16. The van der Waals surface area contributed by atoms with Gasteiger partial charge in [-0.25, -0.2) is 0 Å². The van der Waals surface area contributed by atoms with Gasteiger partial charge in [0.2, 0.25) is 0 Å². The van der Waals surface area contributed by atoms with Gasteiger partial charge >= 0.3 is 0 Å². The molecule has 1 aliphatic rings. The van der Waals surface area contributed by atoms with E-state index in [9.17, 15) is 0 Å². The molecular weight excluding hydrogens is 200 g/mol. The van der Waals surface area contributed by atoms with Gasteiger partial charge < -0.3 is 5.32 Å². The molecule has 1 unspecified atom stereocenters. The number of hydrogen-bond donors (Lipinski definition) is 1. The van der Waals surface area contributed by atoms with Crippen molar-refractivity contribution in [2.75, 3.05) is 18.6 Å². The summed E-state index contributed by atoms with van der Waals surface area (Å²) >= 11 is 3.70. The summed E-state index contributed by atoms with van der Waals surface area (Å²) in [4.78, 5) is 4.54. The van der Waals surface area contributed by atoms with Gasteiger partial charge in [-0.05, 0) is 20.1 Å². The quantitative estimate of drug-likeness (QED) is 0.786. The van der Waals surface area contributed by atoms with Crippen LogP contribution in [0.15, 0.2) is 4.99 Å². The van der Waals surface area contributed by atoms with E-state index in [0.29, 0.717) is 5.25 Å². The molecule has 1 heterocycles. The summed E-state index contributed by atoms with van der Waals surface area (Å²) in [7, 11) is 0. The van der Waals surface area contributed by atoms with Crippen LogP contribution in [0.1, 0.15) is 20.8 Å². The molecule has 0 aromatic heterocycles. The molecule has 0 spiro atoms. The largest absolute Gasteiger partial charge is 0.359 e. The molecule has 0 radical (unpaired) electrons. The molecule has 1 rings (SSSR count). The van der Waals surface area contributed by atoms with E-state index in [1.807, 2.05) is 23.5 Å². The van der Waals surface area contributed by atoms with Crippen molar-refractivity contribution in [1.29, 1.82) is 0 Å². The van der Waals surface area contributed by atoms with Crippen LogP contribution in [0.3, 0.4) is 0 Å². The van der Waals surface area contributed by atoms with Gasteiger partial charge in [0.15, 0.2) is 5.17 Å². The van der Waals surface area contributed by atoms with Crippen molar-refractivity contribution in [3.05, 3.63) is 0 Å². The third-order valence-electron chi connectivity index (χ3n) is 1.91. The van der Waals surface area contributed by atoms with Gasteiger partial charge in [-0.15, -0.1) is 0 Å². The van der Waals surface area contributed by atoms with E-state index in [1.165, 1.54) is 0 Å². The second-order valence-electron chi connectivity index (χ2n) is 3.99. The predicted molar refractivity (Wildman–Crippen MR) is 65.0 cm³/mol. The molecule has 1 fully saturated rings. The van der Waals surface area contributed by atoms with E-state index in [-0.39, 0.29) is 5.54 Å². The van der Waals surface area contributed by atoms with Crippen LogP contribution < -0.4 is 5.32 Å². The molecule has 0 saturated carbocycles. The molecule has 0 aromatic rings. The molecule has 13 heavy (non-hydrogen) atoms. The Kier molecular flexibility index (Phi) is 3.98. The molecule has 2 nitrogen and oxygen atoms in total. The first-order valence-electron chi connectivity index (χ1n) is 4.52. The molecule has 1 aliphatic heterocycles. The van der Waals surface area contributed by atoms with Gasteiger partial charge in [0.05, 0.1) is 6.54 Å². The predicted octanol–water partition coefficient (Wildman–Crippen LogP) is 2.21. The van der Waals surface area contributed by atoms with Crippen LogP contribution in [-0.2, 0) is 0 Å². The molecule has 76 valence electrons. The normalized spacial score (nSPS) is 26.0. The highest BCUT2D eigenvalue weighted by Gasteiger charge is 2.27. The molecule has 0 amide bonds. The number of hydrogen-bond acceptors (Lipinski definition) is 3. The van der Waals surface area contributed by atoms with E-state index in [2.05, 4.69) is 37.3 Å². The van der Waals surface area contributed by atoms with Crippen LogP contribution >= 0.6 is 23.5 Å². The summed E-state index contributed by atoms with van der Waals surface area (Å²) in [5.41, 5.74) is 0.228. The summed E-state index contributed by atoms with van der Waals surface area (Å²) < 4.78 is 0. The van der Waals surface area contributed by atoms with Crippen LogP contribution in [0.2, 0.25) is 0 Å². The van der Waals surface area contributed by atoms with Crippen molar-refractivity contribution >= 4 is 28.7 Å². The minimum absolute atomic E-state index is 0.228. The second kappa shape index (κ2) is 4.60. The van der Waals surface area contributed by atoms with Gasteiger partial charge in [-0.2, -0.15) is 11.8 Å². The fourth-order valence-corrected chi connectivity index (χ4v) is 2.29. The van der Waals surface area contributed by atoms with Gasteiger partial charge in [-0.3, -0.25) is 4.99 Å². The zero-order valence-corrected chi connectivity index (χ0v) is 10.4. The third kappa shape index (κ3) is 3.81. The summed E-state index contributed by atoms with van der Waals surface area (Å²) in [6.07, 6.45) is 2.13. The highest BCUT2D eigenvalue weighted by Crippen LogP contribution is 2.22. The number of amidine groups is 1. The van der Waals surface area contributed by atoms with Crippen LogP contribution in [0.25, 0.3) is 0 Å². The SMILES string of the molecule is CSC(C)CN=C1NC(C)(C)CS1. The standard InChI is InChI=1S/C9H18N2S2/c1-7(12-4)5-10-8-11-9(2,3)6-13-8/h7H,5-6H2,1-4H3,(H,10,11). The first-order chi connectivity index (χ1) is 6.03. The molecule has 4 heteroatoms. The minimum atomic E-state index is 0.228. The number of aliphatic imine (C=N–C) groups is 1. The average molecular weight is 218 g/mol. The van der Waals surface area contributed by atoms with Crippen LogP contribution in [0.5, 0.6) is 0 Å². The summed E-state index contributed by atoms with van der Waals surface area (Å²) in [5.74, 6) is 1.12. The fourth-order valence-electron chi connectivity index (χ4n) is 0.982. The number of thioether (sulfide) groups is 2. The van der Waals surface area contributed by atoms with Crippen LogP contribution in [-0.4, -0.2) is 34.5 Å². The minimum Gasteiger partial charge on any atom is -0.359 e. The van der Waals surface area contributed by atoms with Gasteiger partial charge in [0.1, 0.15) is 0 Å². The number of rotatable bonds is 3. The Balaban J connectivity index is 2.37. The smallest absolute Gasteiger partial charge is 0.157 e. The van der Waals surface area contributed by atoms with Crippen molar-refractivity contribution < 1.29 is 0 Å². The van der Waals surface area contributed by atoms with E-state index < -0.39 is 0 Å². The summed E-state index contributed by atoms with van der Waals surface area (Å²) in [6.45, 7) is 7.55. The van der Waals surface area contributed by atoms with Gasteiger partial charge in [-0.1, -0.05) is 18.7 Å². The molecule has 0 aromatic carbocycles. The Bertz CT molecular complexity index is 202. The lowest BCUT2D eigenvalue weighted by Crippen LogP contribution is -2.37. The van der Waals surface area contributed by atoms with Crippen LogP contribution in [0.4, 0.5) is 0 Å². The lowest BCUT2D eigenvalue weighted by molar-refractivity contribution is 0.536. The Hall–Kier alpha value is 0.170. The lowest BCUT2D eigenvalue weighted by atomic mass is 10.1. The number of nitrogens with one attached hydrogen (secondary N) is 1. The monoisotopic (exact) mass is 218 g/mol. The molecular formula is C9H18N2S2. The van der Waals surface area contributed by atoms with Crippen molar-refractivity contribution in [3.63, 3.8) is 0 Å². The first-order valence-corrected chi connectivity index (χ1v) is 6.79. The highest BCUT2D eigenvalue weighted by atomic mass is 32.2. The highest BCUT2D eigenvalue weighted by molar-refractivity contribution is 8.14. The Morgan fingerprint density at radius 3 is 2.85 bits per heavy atom. The molecule has 1 N–H and O–H groups in total. The summed E-state index contributed by atoms with van der Waals surface area (Å²) in [6, 6.07) is 0. The molecule has 1 atom stereocenters. The van der Waals surface area contributed by atoms with Crippen molar-refractivity contribution in [1.82, 2.24) is 5.32 Å². The van der Waals surface area contributed by atoms with Crippen molar-refractivity contribution in [2.24, 2.45) is 4.99 Å². The van der Waals surface area contributed by atoms with Crippen molar-refractivity contribution in [2.45, 2.75) is 31.6 Å². The third-order valence-corrected chi connectivity index (χ3v) is 4.23. The fraction of sp³-hybridized carbons (Fsp3) is 0.889. The van der Waals surface area contributed by atoms with E-state index in [4.69, 9.17) is 0 Å². The maximum atomic E-state index is 4.54. The first kappa shape index (κ1) is 11.2. The average Bonchev–Trinajstić information content (AvgIpc) is 2.41. The number of nitrogens with zero attached hydrogens (tertiary/aromatic N) is 1. The van der Waals surface area contributed by atoms with Gasteiger partial charge in [0.25, 0.3) is 0 Å². The maximum absolute atomic E-state index is 4.54. The Morgan fingerprint density at radius 2 is 2.38 bits per heavy atom. The Labute approximate surface area is 89.3 Å². The van der Waals surface area contributed by atoms with E-state index in [0.717, 1.165) is 17.5 Å². The van der Waals surface area contributed by atoms with Crippen molar-refractivity contribution in [3.8, 4) is 0 Å². The summed E-state index contributed by atoms with van der Waals surface area (Å²) in [5, 5.41) is 5.15. The zero-order chi connectivity index (χ0) is 9.90. The van der Waals surface area contributed by atoms with E-state index >= 15 is 0 Å². The Morgan fingerprint density at radius 1 is 1.69 bits per heavy atom. The molecule has 1 saturated heterocycles. The zero-order valence-electron chi connectivity index (χ0n) is 8.76. The van der Waals surface area contributed by atoms with Gasteiger partial charge in [0, 0.05) is 16.5 Å². The van der Waals surface area contributed by atoms with Crippen LogP contribution in [0, 0.1) is 0 Å².